The van der Waals surface area contributed by atoms with Crippen molar-refractivity contribution in [3.05, 3.63) is 66.3 Å². The van der Waals surface area contributed by atoms with Crippen molar-refractivity contribution in [3.63, 3.8) is 0 Å². The van der Waals surface area contributed by atoms with Crippen molar-refractivity contribution < 1.29 is 0 Å². The summed E-state index contributed by atoms with van der Waals surface area (Å²) in [4.78, 5) is 2.24. The van der Waals surface area contributed by atoms with Crippen LogP contribution >= 0.6 is 0 Å². The smallest absolute Gasteiger partial charge is 0.0428 e. The van der Waals surface area contributed by atoms with E-state index in [1.807, 2.05) is 12.2 Å². The molecule has 0 N–H and O–H groups in total. The third-order valence-corrected chi connectivity index (χ3v) is 2.99. The summed E-state index contributed by atoms with van der Waals surface area (Å²) in [6.45, 7) is 12.7. The molecule has 17 heavy (non-hydrogen) atoms. The van der Waals surface area contributed by atoms with Gasteiger partial charge in [0.25, 0.3) is 0 Å². The van der Waals surface area contributed by atoms with Gasteiger partial charge in [-0.2, -0.15) is 0 Å². The van der Waals surface area contributed by atoms with Crippen LogP contribution in [0.25, 0.3) is 0 Å². The maximum atomic E-state index is 3.87. The SMILES string of the molecule is C=C/C(C)=C(\C=C)CN(C)c1ccccc1C. The van der Waals surface area contributed by atoms with E-state index in [0.29, 0.717) is 0 Å². The molecule has 1 rings (SSSR count). The Kier molecular flexibility index (Phi) is 4.77. The van der Waals surface area contributed by atoms with Crippen LogP contribution in [0.1, 0.15) is 12.5 Å². The maximum Gasteiger partial charge on any atom is 0.0428 e. The molecule has 0 heterocycles. The number of allylic oxidation sites excluding steroid dienone is 2. The molecule has 1 aromatic rings. The first-order valence-electron chi connectivity index (χ1n) is 5.81. The van der Waals surface area contributed by atoms with Crippen LogP contribution in [0.5, 0.6) is 0 Å². The lowest BCUT2D eigenvalue weighted by atomic mass is 10.1. The summed E-state index contributed by atoms with van der Waals surface area (Å²) < 4.78 is 0. The van der Waals surface area contributed by atoms with Gasteiger partial charge in [0.05, 0.1) is 0 Å². The van der Waals surface area contributed by atoms with E-state index in [1.54, 1.807) is 0 Å². The highest BCUT2D eigenvalue weighted by Crippen LogP contribution is 2.19. The molecule has 0 spiro atoms. The summed E-state index contributed by atoms with van der Waals surface area (Å²) in [5, 5.41) is 0. The minimum atomic E-state index is 0.853. The van der Waals surface area contributed by atoms with Crippen LogP contribution < -0.4 is 4.90 Å². The number of rotatable bonds is 5. The van der Waals surface area contributed by atoms with Gasteiger partial charge >= 0.3 is 0 Å². The lowest BCUT2D eigenvalue weighted by molar-refractivity contribution is 0.985. The Balaban J connectivity index is 2.93. The van der Waals surface area contributed by atoms with Crippen molar-refractivity contribution in [1.82, 2.24) is 0 Å². The third-order valence-electron chi connectivity index (χ3n) is 2.99. The van der Waals surface area contributed by atoms with Gasteiger partial charge < -0.3 is 4.90 Å². The monoisotopic (exact) mass is 227 g/mol. The topological polar surface area (TPSA) is 3.24 Å². The first-order chi connectivity index (χ1) is 8.10. The Hall–Kier alpha value is -1.76. The second-order valence-electron chi connectivity index (χ2n) is 4.26. The summed E-state index contributed by atoms with van der Waals surface area (Å²) in [5.74, 6) is 0. The average Bonchev–Trinajstić information content (AvgIpc) is 2.35. The molecular formula is C16H21N. The molecule has 0 saturated carbocycles. The number of hydrogen-bond donors (Lipinski definition) is 0. The normalized spacial score (nSPS) is 11.7. The molecular weight excluding hydrogens is 206 g/mol. The zero-order valence-electron chi connectivity index (χ0n) is 11.0. The predicted molar refractivity (Wildman–Crippen MR) is 77.5 cm³/mol. The zero-order valence-corrected chi connectivity index (χ0v) is 11.0. The largest absolute Gasteiger partial charge is 0.370 e. The number of hydrogen-bond acceptors (Lipinski definition) is 1. The number of para-hydroxylation sites is 1. The molecule has 0 unspecified atom stereocenters. The van der Waals surface area contributed by atoms with E-state index in [4.69, 9.17) is 0 Å². The number of nitrogens with zero attached hydrogens (tertiary/aromatic N) is 1. The molecule has 0 radical (unpaired) electrons. The molecule has 0 aliphatic heterocycles. The van der Waals surface area contributed by atoms with E-state index >= 15 is 0 Å². The van der Waals surface area contributed by atoms with Crippen molar-refractivity contribution in [2.75, 3.05) is 18.5 Å². The molecule has 0 amide bonds. The zero-order chi connectivity index (χ0) is 12.8. The summed E-state index contributed by atoms with van der Waals surface area (Å²) in [6.07, 6.45) is 3.79. The number of aryl methyl sites for hydroxylation is 1. The van der Waals surface area contributed by atoms with E-state index < -0.39 is 0 Å². The number of benzene rings is 1. The quantitative estimate of drug-likeness (QED) is 0.684. The van der Waals surface area contributed by atoms with E-state index in [2.05, 4.69) is 63.2 Å². The maximum absolute atomic E-state index is 3.87. The summed E-state index contributed by atoms with van der Waals surface area (Å²) in [7, 11) is 2.10. The van der Waals surface area contributed by atoms with E-state index in [-0.39, 0.29) is 0 Å². The molecule has 1 aromatic carbocycles. The highest BCUT2D eigenvalue weighted by atomic mass is 15.1. The average molecular weight is 227 g/mol. The van der Waals surface area contributed by atoms with Crippen LogP contribution in [0.2, 0.25) is 0 Å². The molecule has 0 bridgehead atoms. The van der Waals surface area contributed by atoms with Gasteiger partial charge in [0, 0.05) is 19.3 Å². The first-order valence-corrected chi connectivity index (χ1v) is 5.81. The van der Waals surface area contributed by atoms with Gasteiger partial charge in [-0.3, -0.25) is 0 Å². The molecule has 0 atom stereocenters. The van der Waals surface area contributed by atoms with Crippen LogP contribution in [-0.4, -0.2) is 13.6 Å². The van der Waals surface area contributed by atoms with Crippen molar-refractivity contribution in [1.29, 1.82) is 0 Å². The van der Waals surface area contributed by atoms with Gasteiger partial charge in [0.15, 0.2) is 0 Å². The van der Waals surface area contributed by atoms with Gasteiger partial charge in [-0.25, -0.2) is 0 Å². The van der Waals surface area contributed by atoms with Crippen LogP contribution in [0, 0.1) is 6.92 Å². The third kappa shape index (κ3) is 3.35. The molecule has 0 fully saturated rings. The lowest BCUT2D eigenvalue weighted by Crippen LogP contribution is -2.21. The predicted octanol–water partition coefficient (Wildman–Crippen LogP) is 4.12. The van der Waals surface area contributed by atoms with Gasteiger partial charge in [0.1, 0.15) is 0 Å². The Morgan fingerprint density at radius 3 is 2.41 bits per heavy atom. The fourth-order valence-electron chi connectivity index (χ4n) is 1.81. The molecule has 90 valence electrons. The van der Waals surface area contributed by atoms with Gasteiger partial charge in [-0.05, 0) is 36.6 Å². The van der Waals surface area contributed by atoms with Gasteiger partial charge in [0.2, 0.25) is 0 Å². The summed E-state index contributed by atoms with van der Waals surface area (Å²) >= 11 is 0. The minimum absolute atomic E-state index is 0.853. The van der Waals surface area contributed by atoms with Gasteiger partial charge in [-0.15, -0.1) is 0 Å². The molecule has 0 aromatic heterocycles. The fourth-order valence-corrected chi connectivity index (χ4v) is 1.81. The van der Waals surface area contributed by atoms with Crippen molar-refractivity contribution in [2.24, 2.45) is 0 Å². The van der Waals surface area contributed by atoms with Gasteiger partial charge in [-0.1, -0.05) is 43.5 Å². The molecule has 1 nitrogen and oxygen atoms in total. The number of likely N-dealkylation sites (N-methyl/N-ethyl adjacent to an activating group) is 1. The molecule has 0 aliphatic rings. The van der Waals surface area contributed by atoms with E-state index in [9.17, 15) is 0 Å². The van der Waals surface area contributed by atoms with E-state index in [1.165, 1.54) is 22.4 Å². The minimum Gasteiger partial charge on any atom is -0.370 e. The Morgan fingerprint density at radius 2 is 1.88 bits per heavy atom. The van der Waals surface area contributed by atoms with Crippen LogP contribution in [-0.2, 0) is 0 Å². The number of anilines is 1. The van der Waals surface area contributed by atoms with Crippen molar-refractivity contribution in [3.8, 4) is 0 Å². The first kappa shape index (κ1) is 13.3. The molecule has 0 aliphatic carbocycles. The Bertz CT molecular complexity index is 441. The summed E-state index contributed by atoms with van der Waals surface area (Å²) in [5.41, 5.74) is 4.93. The van der Waals surface area contributed by atoms with Crippen molar-refractivity contribution in [2.45, 2.75) is 13.8 Å². The van der Waals surface area contributed by atoms with E-state index in [0.717, 1.165) is 6.54 Å². The second-order valence-corrected chi connectivity index (χ2v) is 4.26. The standard InChI is InChI=1S/C16H21N/c1-6-13(3)15(7-2)12-17(5)16-11-9-8-10-14(16)4/h6-11H,1-2,12H2,3-5H3/b15-13+. The Labute approximate surface area is 105 Å². The second kappa shape index (κ2) is 6.09. The highest BCUT2D eigenvalue weighted by molar-refractivity contribution is 5.54. The van der Waals surface area contributed by atoms with Crippen LogP contribution in [0.4, 0.5) is 5.69 Å². The highest BCUT2D eigenvalue weighted by Gasteiger charge is 2.05. The molecule has 0 saturated heterocycles. The van der Waals surface area contributed by atoms with Crippen LogP contribution in [0.3, 0.4) is 0 Å². The van der Waals surface area contributed by atoms with Crippen molar-refractivity contribution >= 4 is 5.69 Å². The van der Waals surface area contributed by atoms with Crippen LogP contribution in [0.15, 0.2) is 60.7 Å². The molecule has 1 heteroatoms. The fraction of sp³-hybridized carbons (Fsp3) is 0.250. The lowest BCUT2D eigenvalue weighted by Gasteiger charge is -2.22. The summed E-state index contributed by atoms with van der Waals surface area (Å²) in [6, 6.07) is 8.39. The Morgan fingerprint density at radius 1 is 1.24 bits per heavy atom.